The third-order valence-electron chi connectivity index (χ3n) is 4.28. The number of halogens is 3. The minimum absolute atomic E-state index is 0.0264. The van der Waals surface area contributed by atoms with E-state index >= 15 is 0 Å². The van der Waals surface area contributed by atoms with E-state index in [4.69, 9.17) is 27.9 Å². The Balaban J connectivity index is 2.13. The first kappa shape index (κ1) is 20.5. The summed E-state index contributed by atoms with van der Waals surface area (Å²) in [6.45, 7) is 8.66. The van der Waals surface area contributed by atoms with Crippen molar-refractivity contribution in [1.29, 1.82) is 0 Å². The number of ether oxygens (including phenoxy) is 1. The van der Waals surface area contributed by atoms with Gasteiger partial charge in [-0.1, -0.05) is 23.2 Å². The van der Waals surface area contributed by atoms with Crippen molar-refractivity contribution in [1.82, 2.24) is 9.47 Å². The van der Waals surface area contributed by atoms with Crippen LogP contribution in [-0.2, 0) is 22.6 Å². The predicted molar refractivity (Wildman–Crippen MR) is 116 cm³/mol. The molecule has 0 spiro atoms. The maximum absolute atomic E-state index is 12.3. The largest absolute Gasteiger partial charge is 0.444 e. The highest BCUT2D eigenvalue weighted by Gasteiger charge is 2.28. The lowest BCUT2D eigenvalue weighted by Gasteiger charge is -2.28. The molecule has 27 heavy (non-hydrogen) atoms. The lowest BCUT2D eigenvalue weighted by atomic mass is 10.2. The smallest absolute Gasteiger partial charge is 0.412 e. The molecule has 1 aromatic carbocycles. The Morgan fingerprint density at radius 2 is 1.93 bits per heavy atom. The summed E-state index contributed by atoms with van der Waals surface area (Å²) in [7, 11) is 0. The number of amides is 2. The molecule has 2 aromatic rings. The number of carbonyl (C=O) groups is 2. The number of carbonyl (C=O) groups excluding carboxylic acids is 2. The summed E-state index contributed by atoms with van der Waals surface area (Å²) in [5.74, 6) is 0.0264. The zero-order valence-corrected chi connectivity index (χ0v) is 19.1. The van der Waals surface area contributed by atoms with Crippen LogP contribution in [0.2, 0.25) is 10.0 Å². The molecule has 146 valence electrons. The average molecular weight is 524 g/mol. The maximum Gasteiger partial charge on any atom is 0.412 e. The van der Waals surface area contributed by atoms with Gasteiger partial charge in [-0.25, -0.2) is 4.79 Å². The standard InChI is InChI=1S/C18H20Cl2IN3O3/c1-9(25)23-5-6-24-12(8-23)15(21)13-11(7-10(19)14(20)16(13)24)22-17(26)27-18(2,3)4/h7H,5-6,8H2,1-4H3,(H,22,26). The molecule has 1 aromatic heterocycles. The second-order valence-corrected chi connectivity index (χ2v) is 9.29. The van der Waals surface area contributed by atoms with Crippen LogP contribution >= 0.6 is 45.8 Å². The summed E-state index contributed by atoms with van der Waals surface area (Å²) in [4.78, 5) is 25.9. The molecule has 0 atom stereocenters. The molecule has 0 saturated carbocycles. The second-order valence-electron chi connectivity index (χ2n) is 7.42. The molecule has 2 heterocycles. The monoisotopic (exact) mass is 523 g/mol. The number of fused-ring (bicyclic) bond motifs is 3. The van der Waals surface area contributed by atoms with Gasteiger partial charge in [0.25, 0.3) is 0 Å². The van der Waals surface area contributed by atoms with Crippen LogP contribution in [0, 0.1) is 3.57 Å². The van der Waals surface area contributed by atoms with Crippen molar-refractivity contribution in [2.24, 2.45) is 0 Å². The minimum Gasteiger partial charge on any atom is -0.444 e. The van der Waals surface area contributed by atoms with Crippen molar-refractivity contribution in [2.45, 2.75) is 46.4 Å². The van der Waals surface area contributed by atoms with Crippen molar-refractivity contribution in [3.05, 3.63) is 25.4 Å². The average Bonchev–Trinajstić information content (AvgIpc) is 2.83. The zero-order chi connectivity index (χ0) is 20.1. The van der Waals surface area contributed by atoms with E-state index < -0.39 is 11.7 Å². The van der Waals surface area contributed by atoms with E-state index in [9.17, 15) is 9.59 Å². The first-order chi connectivity index (χ1) is 12.5. The van der Waals surface area contributed by atoms with Crippen LogP contribution in [0.15, 0.2) is 6.07 Å². The molecule has 1 N–H and O–H groups in total. The van der Waals surface area contributed by atoms with Gasteiger partial charge in [-0.3, -0.25) is 10.1 Å². The Labute approximate surface area is 181 Å². The molecule has 0 radical (unpaired) electrons. The van der Waals surface area contributed by atoms with E-state index in [0.717, 1.165) is 20.2 Å². The number of anilines is 1. The number of hydrogen-bond acceptors (Lipinski definition) is 3. The molecule has 6 nitrogen and oxygen atoms in total. The van der Waals surface area contributed by atoms with Crippen molar-refractivity contribution < 1.29 is 14.3 Å². The first-order valence-electron chi connectivity index (χ1n) is 8.43. The van der Waals surface area contributed by atoms with Crippen molar-refractivity contribution in [3.8, 4) is 0 Å². The number of nitrogens with one attached hydrogen (secondary N) is 1. The van der Waals surface area contributed by atoms with Gasteiger partial charge in [0.15, 0.2) is 0 Å². The molecule has 0 fully saturated rings. The summed E-state index contributed by atoms with van der Waals surface area (Å²) in [5.41, 5.74) is 1.66. The number of aromatic nitrogens is 1. The van der Waals surface area contributed by atoms with Crippen molar-refractivity contribution >= 4 is 74.4 Å². The van der Waals surface area contributed by atoms with E-state index in [-0.39, 0.29) is 5.91 Å². The van der Waals surface area contributed by atoms with Crippen LogP contribution in [0.25, 0.3) is 10.9 Å². The van der Waals surface area contributed by atoms with Crippen LogP contribution in [0.3, 0.4) is 0 Å². The fourth-order valence-corrected chi connectivity index (χ4v) is 4.61. The lowest BCUT2D eigenvalue weighted by Crippen LogP contribution is -2.36. The molecule has 3 rings (SSSR count). The molecule has 2 amide bonds. The third kappa shape index (κ3) is 4.00. The summed E-state index contributed by atoms with van der Waals surface area (Å²) < 4.78 is 8.37. The third-order valence-corrected chi connectivity index (χ3v) is 6.22. The van der Waals surface area contributed by atoms with Gasteiger partial charge in [0.2, 0.25) is 5.91 Å². The van der Waals surface area contributed by atoms with Crippen molar-refractivity contribution in [2.75, 3.05) is 11.9 Å². The van der Waals surface area contributed by atoms with E-state index in [1.807, 2.05) is 0 Å². The Morgan fingerprint density at radius 3 is 2.52 bits per heavy atom. The zero-order valence-electron chi connectivity index (χ0n) is 15.5. The van der Waals surface area contributed by atoms with Crippen molar-refractivity contribution in [3.63, 3.8) is 0 Å². The quantitative estimate of drug-likeness (QED) is 0.518. The van der Waals surface area contributed by atoms with Crippen LogP contribution in [0.1, 0.15) is 33.4 Å². The van der Waals surface area contributed by atoms with Crippen LogP contribution in [0.5, 0.6) is 0 Å². The van der Waals surface area contributed by atoms with Gasteiger partial charge in [-0.05, 0) is 49.4 Å². The summed E-state index contributed by atoms with van der Waals surface area (Å²) in [6.07, 6.45) is -0.562. The fraction of sp³-hybridized carbons (Fsp3) is 0.444. The summed E-state index contributed by atoms with van der Waals surface area (Å²) in [5, 5.41) is 4.37. The molecule has 9 heteroatoms. The lowest BCUT2D eigenvalue weighted by molar-refractivity contribution is -0.130. The Morgan fingerprint density at radius 1 is 1.26 bits per heavy atom. The summed E-state index contributed by atoms with van der Waals surface area (Å²) in [6, 6.07) is 1.63. The maximum atomic E-state index is 12.3. The number of rotatable bonds is 1. The molecule has 1 aliphatic heterocycles. The Kier molecular flexibility index (Phi) is 5.58. The SMILES string of the molecule is CC(=O)N1CCn2c(c(I)c3c(NC(=O)OC(C)(C)C)cc(Cl)c(Cl)c32)C1. The molecule has 1 aliphatic rings. The molecular formula is C18H20Cl2IN3O3. The highest BCUT2D eigenvalue weighted by Crippen LogP contribution is 2.42. The topological polar surface area (TPSA) is 63.6 Å². The van der Waals surface area contributed by atoms with Crippen LogP contribution < -0.4 is 5.32 Å². The number of nitrogens with zero attached hydrogens (tertiary/aromatic N) is 2. The van der Waals surface area contributed by atoms with Gasteiger partial charge in [0.1, 0.15) is 5.60 Å². The number of hydrogen-bond donors (Lipinski definition) is 1. The highest BCUT2D eigenvalue weighted by molar-refractivity contribution is 14.1. The van der Waals surface area contributed by atoms with Crippen LogP contribution in [-0.4, -0.2) is 33.6 Å². The van der Waals surface area contributed by atoms with E-state index in [2.05, 4.69) is 32.5 Å². The number of benzene rings is 1. The normalized spacial score (nSPS) is 14.3. The second kappa shape index (κ2) is 7.33. The van der Waals surface area contributed by atoms with Gasteiger partial charge < -0.3 is 14.2 Å². The highest BCUT2D eigenvalue weighted by atomic mass is 127. The predicted octanol–water partition coefficient (Wildman–Crippen LogP) is 5.26. The minimum atomic E-state index is -0.616. The Bertz CT molecular complexity index is 950. The Hall–Kier alpha value is -1.19. The summed E-state index contributed by atoms with van der Waals surface area (Å²) >= 11 is 15.1. The molecular weight excluding hydrogens is 504 g/mol. The molecule has 0 saturated heterocycles. The van der Waals surface area contributed by atoms with Gasteiger partial charge >= 0.3 is 6.09 Å². The first-order valence-corrected chi connectivity index (χ1v) is 10.3. The van der Waals surface area contributed by atoms with E-state index in [1.54, 1.807) is 38.7 Å². The van der Waals surface area contributed by atoms with Crippen LogP contribution in [0.4, 0.5) is 10.5 Å². The van der Waals surface area contributed by atoms with E-state index in [0.29, 0.717) is 35.4 Å². The van der Waals surface area contributed by atoms with Gasteiger partial charge in [-0.2, -0.15) is 0 Å². The fourth-order valence-electron chi connectivity index (χ4n) is 3.15. The molecule has 0 aliphatic carbocycles. The van der Waals surface area contributed by atoms with Gasteiger partial charge in [-0.15, -0.1) is 0 Å². The molecule has 0 unspecified atom stereocenters. The van der Waals surface area contributed by atoms with Gasteiger partial charge in [0.05, 0.1) is 33.5 Å². The molecule has 0 bridgehead atoms. The van der Waals surface area contributed by atoms with Gasteiger partial charge in [0, 0.05) is 29.0 Å². The van der Waals surface area contributed by atoms with E-state index in [1.165, 1.54) is 0 Å².